The Balaban J connectivity index is 1.81. The molecule has 114 valence electrons. The van der Waals surface area contributed by atoms with E-state index in [0.717, 1.165) is 4.90 Å². The molecule has 0 unspecified atom stereocenters. The van der Waals surface area contributed by atoms with Crippen molar-refractivity contribution in [1.82, 2.24) is 10.2 Å². The summed E-state index contributed by atoms with van der Waals surface area (Å²) in [7, 11) is 0. The van der Waals surface area contributed by atoms with Crippen LogP contribution in [0.1, 0.15) is 22.5 Å². The van der Waals surface area contributed by atoms with Crippen molar-refractivity contribution in [3.05, 3.63) is 22.4 Å². The minimum Gasteiger partial charge on any atom is -0.480 e. The monoisotopic (exact) mass is 312 g/mol. The lowest BCUT2D eigenvalue weighted by atomic mass is 10.2. The van der Waals surface area contributed by atoms with Crippen LogP contribution in [0.2, 0.25) is 0 Å². The van der Waals surface area contributed by atoms with Gasteiger partial charge in [0.15, 0.2) is 0 Å². The number of aliphatic hydroxyl groups is 1. The molecule has 0 aromatic carbocycles. The number of aliphatic hydroxyl groups excluding tert-OH is 1. The molecule has 1 aliphatic heterocycles. The summed E-state index contributed by atoms with van der Waals surface area (Å²) in [6, 6.07) is 2.45. The third kappa shape index (κ3) is 3.79. The van der Waals surface area contributed by atoms with Crippen molar-refractivity contribution in [1.29, 1.82) is 0 Å². The van der Waals surface area contributed by atoms with Crippen molar-refractivity contribution in [3.63, 3.8) is 0 Å². The molecule has 2 amide bonds. The Bertz CT molecular complexity index is 531. The summed E-state index contributed by atoms with van der Waals surface area (Å²) in [5.41, 5.74) is 0. The first-order valence-electron chi connectivity index (χ1n) is 6.51. The standard InChI is InChI=1S/C13H16N2O5S/c16-8-6-9(13(19)20)15(7-8)11(17)3-4-14-12(18)10-2-1-5-21-10/h1-2,5,8-9,16H,3-4,6-7H2,(H,14,18)(H,19,20)/t8-,9+/m1/s1. The summed E-state index contributed by atoms with van der Waals surface area (Å²) in [5.74, 6) is -1.76. The molecule has 1 aliphatic rings. The lowest BCUT2D eigenvalue weighted by Crippen LogP contribution is -2.41. The average molecular weight is 312 g/mol. The van der Waals surface area contributed by atoms with Crippen molar-refractivity contribution in [3.8, 4) is 0 Å². The fourth-order valence-electron chi connectivity index (χ4n) is 2.24. The van der Waals surface area contributed by atoms with Crippen molar-refractivity contribution < 1.29 is 24.6 Å². The Hall–Kier alpha value is -1.93. The van der Waals surface area contributed by atoms with Gasteiger partial charge in [-0.3, -0.25) is 9.59 Å². The van der Waals surface area contributed by atoms with Gasteiger partial charge in [0.2, 0.25) is 5.91 Å². The Labute approximate surface area is 125 Å². The summed E-state index contributed by atoms with van der Waals surface area (Å²) in [4.78, 5) is 36.4. The molecule has 8 heteroatoms. The van der Waals surface area contributed by atoms with Crippen LogP contribution in [0, 0.1) is 0 Å². The number of aliphatic carboxylic acids is 1. The Morgan fingerprint density at radius 1 is 1.43 bits per heavy atom. The molecule has 0 saturated carbocycles. The number of carboxylic acids is 1. The lowest BCUT2D eigenvalue weighted by Gasteiger charge is -2.21. The summed E-state index contributed by atoms with van der Waals surface area (Å²) in [6.45, 7) is 0.156. The van der Waals surface area contributed by atoms with Crippen LogP contribution < -0.4 is 5.32 Å². The number of hydrogen-bond donors (Lipinski definition) is 3. The van der Waals surface area contributed by atoms with E-state index in [9.17, 15) is 19.5 Å². The first kappa shape index (κ1) is 15.5. The summed E-state index contributed by atoms with van der Waals surface area (Å²) >= 11 is 1.30. The maximum Gasteiger partial charge on any atom is 0.326 e. The fraction of sp³-hybridized carbons (Fsp3) is 0.462. The number of amides is 2. The molecule has 7 nitrogen and oxygen atoms in total. The molecule has 1 fully saturated rings. The number of hydrogen-bond acceptors (Lipinski definition) is 5. The van der Waals surface area contributed by atoms with E-state index in [1.165, 1.54) is 11.3 Å². The Kier molecular flexibility index (Phi) is 4.92. The second-order valence-electron chi connectivity index (χ2n) is 4.77. The van der Waals surface area contributed by atoms with Crippen molar-refractivity contribution in [2.24, 2.45) is 0 Å². The van der Waals surface area contributed by atoms with E-state index in [1.807, 2.05) is 0 Å². The van der Waals surface area contributed by atoms with Crippen LogP contribution in [-0.2, 0) is 9.59 Å². The van der Waals surface area contributed by atoms with Crippen LogP contribution in [0.3, 0.4) is 0 Å². The minimum atomic E-state index is -1.12. The van der Waals surface area contributed by atoms with Crippen LogP contribution in [0.25, 0.3) is 0 Å². The number of nitrogens with one attached hydrogen (secondary N) is 1. The normalized spacial score (nSPS) is 21.3. The largest absolute Gasteiger partial charge is 0.480 e. The van der Waals surface area contributed by atoms with Crippen LogP contribution in [0.5, 0.6) is 0 Å². The van der Waals surface area contributed by atoms with E-state index in [1.54, 1.807) is 17.5 Å². The summed E-state index contributed by atoms with van der Waals surface area (Å²) in [6.07, 6.45) is -0.758. The van der Waals surface area contributed by atoms with E-state index in [2.05, 4.69) is 5.32 Å². The van der Waals surface area contributed by atoms with Crippen LogP contribution >= 0.6 is 11.3 Å². The number of carboxylic acid groups (broad SMARTS) is 1. The van der Waals surface area contributed by atoms with E-state index in [4.69, 9.17) is 5.11 Å². The molecule has 1 saturated heterocycles. The Morgan fingerprint density at radius 2 is 2.19 bits per heavy atom. The number of rotatable bonds is 5. The van der Waals surface area contributed by atoms with Gasteiger partial charge in [-0.1, -0.05) is 6.07 Å². The predicted molar refractivity (Wildman–Crippen MR) is 75.0 cm³/mol. The molecule has 2 atom stereocenters. The van der Waals surface area contributed by atoms with Gasteiger partial charge in [-0.25, -0.2) is 4.79 Å². The predicted octanol–water partition coefficient (Wildman–Crippen LogP) is -0.0856. The smallest absolute Gasteiger partial charge is 0.326 e. The molecule has 0 aliphatic carbocycles. The van der Waals surface area contributed by atoms with Gasteiger partial charge in [0, 0.05) is 25.9 Å². The number of likely N-dealkylation sites (tertiary alicyclic amines) is 1. The fourth-order valence-corrected chi connectivity index (χ4v) is 2.89. The van der Waals surface area contributed by atoms with Crippen molar-refractivity contribution in [2.45, 2.75) is 25.0 Å². The van der Waals surface area contributed by atoms with Gasteiger partial charge in [0.1, 0.15) is 6.04 Å². The number of nitrogens with zero attached hydrogens (tertiary/aromatic N) is 1. The van der Waals surface area contributed by atoms with Crippen molar-refractivity contribution >= 4 is 29.1 Å². The van der Waals surface area contributed by atoms with Gasteiger partial charge in [0.05, 0.1) is 11.0 Å². The maximum absolute atomic E-state index is 12.0. The third-order valence-corrected chi connectivity index (χ3v) is 4.12. The molecular weight excluding hydrogens is 296 g/mol. The molecular formula is C13H16N2O5S. The average Bonchev–Trinajstić information content (AvgIpc) is 3.07. The highest BCUT2D eigenvalue weighted by molar-refractivity contribution is 7.12. The zero-order valence-electron chi connectivity index (χ0n) is 11.2. The zero-order valence-corrected chi connectivity index (χ0v) is 12.0. The first-order valence-corrected chi connectivity index (χ1v) is 7.39. The Morgan fingerprint density at radius 3 is 2.81 bits per heavy atom. The molecule has 21 heavy (non-hydrogen) atoms. The van der Waals surface area contributed by atoms with E-state index >= 15 is 0 Å². The zero-order chi connectivity index (χ0) is 15.4. The summed E-state index contributed by atoms with van der Waals surface area (Å²) in [5, 5.41) is 22.9. The van der Waals surface area contributed by atoms with Gasteiger partial charge in [0.25, 0.3) is 5.91 Å². The highest BCUT2D eigenvalue weighted by atomic mass is 32.1. The molecule has 0 spiro atoms. The molecule has 2 rings (SSSR count). The third-order valence-electron chi connectivity index (χ3n) is 3.25. The van der Waals surface area contributed by atoms with Crippen LogP contribution in [0.4, 0.5) is 0 Å². The molecule has 0 bridgehead atoms. The molecule has 2 heterocycles. The number of carbonyl (C=O) groups is 3. The van der Waals surface area contributed by atoms with Crippen LogP contribution in [0.15, 0.2) is 17.5 Å². The molecule has 3 N–H and O–H groups in total. The van der Waals surface area contributed by atoms with Crippen molar-refractivity contribution in [2.75, 3.05) is 13.1 Å². The van der Waals surface area contributed by atoms with E-state index in [-0.39, 0.29) is 37.7 Å². The minimum absolute atomic E-state index is 0.00755. The topological polar surface area (TPSA) is 107 Å². The molecule has 1 aromatic heterocycles. The number of thiophene rings is 1. The van der Waals surface area contributed by atoms with Gasteiger partial charge < -0.3 is 20.4 Å². The quantitative estimate of drug-likeness (QED) is 0.704. The van der Waals surface area contributed by atoms with E-state index < -0.39 is 18.1 Å². The van der Waals surface area contributed by atoms with Gasteiger partial charge in [-0.15, -0.1) is 11.3 Å². The van der Waals surface area contributed by atoms with Gasteiger partial charge >= 0.3 is 5.97 Å². The second-order valence-corrected chi connectivity index (χ2v) is 5.72. The maximum atomic E-state index is 12.0. The van der Waals surface area contributed by atoms with E-state index in [0.29, 0.717) is 4.88 Å². The number of carbonyl (C=O) groups excluding carboxylic acids is 2. The first-order chi connectivity index (χ1) is 9.99. The second kappa shape index (κ2) is 6.68. The SMILES string of the molecule is O=C(NCCC(=O)N1C[C@H](O)C[C@H]1C(=O)O)c1cccs1. The lowest BCUT2D eigenvalue weighted by molar-refractivity contribution is -0.148. The molecule has 1 aromatic rings. The van der Waals surface area contributed by atoms with Gasteiger partial charge in [-0.2, -0.15) is 0 Å². The van der Waals surface area contributed by atoms with Crippen LogP contribution in [-0.4, -0.2) is 58.1 Å². The number of β-amino-alcohol motifs (C(OH)–C–C–N with tert-alkyl or cyclic N) is 1. The highest BCUT2D eigenvalue weighted by Gasteiger charge is 2.38. The van der Waals surface area contributed by atoms with Gasteiger partial charge in [-0.05, 0) is 11.4 Å². The summed E-state index contributed by atoms with van der Waals surface area (Å²) < 4.78 is 0. The highest BCUT2D eigenvalue weighted by Crippen LogP contribution is 2.19. The molecule has 0 radical (unpaired) electrons.